The zero-order chi connectivity index (χ0) is 22.9. The third-order valence-electron chi connectivity index (χ3n) is 5.44. The van der Waals surface area contributed by atoms with E-state index in [0.29, 0.717) is 24.2 Å². The van der Waals surface area contributed by atoms with E-state index >= 15 is 0 Å². The fourth-order valence-corrected chi connectivity index (χ4v) is 3.99. The minimum atomic E-state index is -0.530. The Bertz CT molecular complexity index is 1210. The van der Waals surface area contributed by atoms with E-state index in [1.165, 1.54) is 12.1 Å². The lowest BCUT2D eigenvalue weighted by Crippen LogP contribution is -2.27. The van der Waals surface area contributed by atoms with Gasteiger partial charge in [0.2, 0.25) is 0 Å². The Kier molecular flexibility index (Phi) is 5.52. The summed E-state index contributed by atoms with van der Waals surface area (Å²) in [4.78, 5) is 23.7. The number of furan rings is 1. The molecule has 8 nitrogen and oxygen atoms in total. The van der Waals surface area contributed by atoms with Gasteiger partial charge in [-0.1, -0.05) is 44.2 Å². The van der Waals surface area contributed by atoms with E-state index in [2.05, 4.69) is 29.7 Å². The quantitative estimate of drug-likeness (QED) is 0.406. The highest BCUT2D eigenvalue weighted by molar-refractivity contribution is 6.10. The van der Waals surface area contributed by atoms with Crippen LogP contribution >= 0.6 is 0 Å². The topological polar surface area (TPSA) is 110 Å². The van der Waals surface area contributed by atoms with Crippen molar-refractivity contribution in [3.05, 3.63) is 87.4 Å². The van der Waals surface area contributed by atoms with Gasteiger partial charge in [0.1, 0.15) is 11.4 Å². The van der Waals surface area contributed by atoms with Crippen molar-refractivity contribution in [3.8, 4) is 0 Å². The van der Waals surface area contributed by atoms with Gasteiger partial charge in [-0.05, 0) is 37.0 Å². The molecule has 8 heteroatoms. The number of nitrogens with zero attached hydrogens (tertiary/aromatic N) is 2. The van der Waals surface area contributed by atoms with Crippen LogP contribution in [0.1, 0.15) is 47.7 Å². The summed E-state index contributed by atoms with van der Waals surface area (Å²) in [6.07, 6.45) is 1.37. The molecule has 0 saturated carbocycles. The van der Waals surface area contributed by atoms with Crippen LogP contribution in [-0.4, -0.2) is 16.5 Å². The molecule has 2 N–H and O–H groups in total. The number of carbonyl (C=O) groups is 1. The van der Waals surface area contributed by atoms with Crippen molar-refractivity contribution >= 4 is 28.7 Å². The molecule has 0 aliphatic heterocycles. The number of amides is 1. The number of hydrazone groups is 1. The van der Waals surface area contributed by atoms with Crippen molar-refractivity contribution < 1.29 is 14.1 Å². The van der Waals surface area contributed by atoms with Crippen LogP contribution in [0.2, 0.25) is 0 Å². The van der Waals surface area contributed by atoms with E-state index in [4.69, 9.17) is 4.42 Å². The van der Waals surface area contributed by atoms with Crippen LogP contribution in [0, 0.1) is 22.5 Å². The van der Waals surface area contributed by atoms with Crippen LogP contribution in [0.4, 0.5) is 17.1 Å². The summed E-state index contributed by atoms with van der Waals surface area (Å²) >= 11 is 0. The molecule has 164 valence electrons. The van der Waals surface area contributed by atoms with Crippen molar-refractivity contribution in [3.63, 3.8) is 0 Å². The maximum absolute atomic E-state index is 13.0. The van der Waals surface area contributed by atoms with Gasteiger partial charge in [0.25, 0.3) is 11.6 Å². The number of fused-ring (bicyclic) bond motifs is 1. The summed E-state index contributed by atoms with van der Waals surface area (Å²) in [6.45, 7) is 6.06. The highest BCUT2D eigenvalue weighted by Crippen LogP contribution is 2.39. The molecule has 0 unspecified atom stereocenters. The highest BCUT2D eigenvalue weighted by Gasteiger charge is 2.36. The van der Waals surface area contributed by atoms with E-state index in [1.807, 2.05) is 37.3 Å². The number of benzene rings is 2. The lowest BCUT2D eigenvalue weighted by atomic mass is 9.75. The number of anilines is 2. The first-order valence-corrected chi connectivity index (χ1v) is 10.3. The number of hydrogen-bond donors (Lipinski definition) is 2. The molecule has 1 aromatic heterocycles. The average Bonchev–Trinajstić information content (AvgIpc) is 3.08. The highest BCUT2D eigenvalue weighted by atomic mass is 16.6. The second-order valence-corrected chi connectivity index (χ2v) is 8.64. The van der Waals surface area contributed by atoms with E-state index in [9.17, 15) is 14.9 Å². The SMILES string of the molecule is Cc1c(C(=O)Nc2ccccc2[N+](=O)[O-])oc2c1/C(=N\Nc1ccccc1)CC(C)(C)C2. The fourth-order valence-electron chi connectivity index (χ4n) is 3.99. The molecule has 32 heavy (non-hydrogen) atoms. The average molecular weight is 432 g/mol. The van der Waals surface area contributed by atoms with Crippen molar-refractivity contribution in [2.75, 3.05) is 10.7 Å². The molecule has 0 saturated heterocycles. The summed E-state index contributed by atoms with van der Waals surface area (Å²) in [5.41, 5.74) is 6.10. The summed E-state index contributed by atoms with van der Waals surface area (Å²) in [5, 5.41) is 18.5. The van der Waals surface area contributed by atoms with Gasteiger partial charge in [-0.3, -0.25) is 20.3 Å². The molecule has 1 aliphatic carbocycles. The summed E-state index contributed by atoms with van der Waals surface area (Å²) in [7, 11) is 0. The predicted molar refractivity (Wildman–Crippen MR) is 123 cm³/mol. The van der Waals surface area contributed by atoms with Crippen LogP contribution in [0.5, 0.6) is 0 Å². The number of rotatable bonds is 5. The molecule has 0 fully saturated rings. The maximum atomic E-state index is 13.0. The lowest BCUT2D eigenvalue weighted by Gasteiger charge is -2.29. The minimum Gasteiger partial charge on any atom is -0.455 e. The number of hydrogen-bond acceptors (Lipinski definition) is 6. The van der Waals surface area contributed by atoms with E-state index < -0.39 is 10.8 Å². The van der Waals surface area contributed by atoms with Crippen molar-refractivity contribution in [1.29, 1.82) is 0 Å². The molecule has 0 spiro atoms. The third-order valence-corrected chi connectivity index (χ3v) is 5.44. The van der Waals surface area contributed by atoms with Gasteiger partial charge in [-0.25, -0.2) is 0 Å². The molecular weight excluding hydrogens is 408 g/mol. The molecule has 3 aromatic rings. The Morgan fingerprint density at radius 1 is 1.09 bits per heavy atom. The number of carbonyl (C=O) groups excluding carboxylic acids is 1. The van der Waals surface area contributed by atoms with Crippen molar-refractivity contribution in [1.82, 2.24) is 0 Å². The molecule has 0 atom stereocenters. The first-order chi connectivity index (χ1) is 15.2. The van der Waals surface area contributed by atoms with Crippen molar-refractivity contribution in [2.24, 2.45) is 10.5 Å². The van der Waals surface area contributed by atoms with E-state index in [0.717, 1.165) is 17.0 Å². The Morgan fingerprint density at radius 3 is 2.50 bits per heavy atom. The minimum absolute atomic E-state index is 0.0968. The lowest BCUT2D eigenvalue weighted by molar-refractivity contribution is -0.383. The first kappa shape index (κ1) is 21.3. The van der Waals surface area contributed by atoms with Gasteiger partial charge >= 0.3 is 0 Å². The van der Waals surface area contributed by atoms with Gasteiger partial charge in [0, 0.05) is 23.6 Å². The van der Waals surface area contributed by atoms with Gasteiger partial charge in [0.05, 0.1) is 16.3 Å². The second-order valence-electron chi connectivity index (χ2n) is 8.64. The number of nitrogens with one attached hydrogen (secondary N) is 2. The normalized spacial score (nSPS) is 15.8. The molecule has 4 rings (SSSR count). The van der Waals surface area contributed by atoms with E-state index in [-0.39, 0.29) is 22.6 Å². The molecule has 1 heterocycles. The Hall–Kier alpha value is -3.94. The van der Waals surface area contributed by atoms with E-state index in [1.54, 1.807) is 12.1 Å². The Labute approximate surface area is 185 Å². The smallest absolute Gasteiger partial charge is 0.292 e. The van der Waals surface area contributed by atoms with Gasteiger partial charge < -0.3 is 9.73 Å². The molecule has 0 bridgehead atoms. The Morgan fingerprint density at radius 2 is 1.78 bits per heavy atom. The van der Waals surface area contributed by atoms with Gasteiger partial charge in [0.15, 0.2) is 5.76 Å². The second kappa shape index (κ2) is 8.30. The maximum Gasteiger partial charge on any atom is 0.292 e. The number of para-hydroxylation sites is 3. The molecule has 2 aromatic carbocycles. The fraction of sp³-hybridized carbons (Fsp3) is 0.250. The first-order valence-electron chi connectivity index (χ1n) is 10.3. The van der Waals surface area contributed by atoms with Crippen LogP contribution in [-0.2, 0) is 6.42 Å². The zero-order valence-electron chi connectivity index (χ0n) is 18.1. The standard InChI is InChI=1S/C24H24N4O4/c1-15-21-18(27-26-16-9-5-4-6-10-16)13-24(2,3)14-20(21)32-22(15)23(29)25-17-11-7-8-12-19(17)28(30)31/h4-12,26H,13-14H2,1-3H3,(H,25,29)/b27-18-. The monoisotopic (exact) mass is 432 g/mol. The zero-order valence-corrected chi connectivity index (χ0v) is 18.1. The summed E-state index contributed by atoms with van der Waals surface area (Å²) < 4.78 is 6.00. The van der Waals surface area contributed by atoms with Crippen LogP contribution in [0.3, 0.4) is 0 Å². The molecule has 1 amide bonds. The molecule has 0 radical (unpaired) electrons. The number of nitro benzene ring substituents is 1. The molecular formula is C24H24N4O4. The van der Waals surface area contributed by atoms with Gasteiger partial charge in [-0.15, -0.1) is 0 Å². The summed E-state index contributed by atoms with van der Waals surface area (Å²) in [5.74, 6) is 0.303. The van der Waals surface area contributed by atoms with Crippen LogP contribution in [0.25, 0.3) is 0 Å². The van der Waals surface area contributed by atoms with Crippen LogP contribution in [0.15, 0.2) is 64.1 Å². The Balaban J connectivity index is 1.68. The molecule has 1 aliphatic rings. The number of nitro groups is 1. The van der Waals surface area contributed by atoms with Gasteiger partial charge in [-0.2, -0.15) is 5.10 Å². The largest absolute Gasteiger partial charge is 0.455 e. The summed E-state index contributed by atoms with van der Waals surface area (Å²) in [6, 6.07) is 15.6. The third kappa shape index (κ3) is 4.25. The van der Waals surface area contributed by atoms with Crippen molar-refractivity contribution in [2.45, 2.75) is 33.6 Å². The predicted octanol–water partition coefficient (Wildman–Crippen LogP) is 5.54. The van der Waals surface area contributed by atoms with Crippen LogP contribution < -0.4 is 10.7 Å².